The summed E-state index contributed by atoms with van der Waals surface area (Å²) in [6, 6.07) is 14.0. The van der Waals surface area contributed by atoms with Crippen LogP contribution in [0, 0.1) is 25.2 Å². The number of nitrogens with zero attached hydrogens (tertiary/aromatic N) is 1. The van der Waals surface area contributed by atoms with Gasteiger partial charge in [-0.3, -0.25) is 0 Å². The Kier molecular flexibility index (Phi) is 3.87. The van der Waals surface area contributed by atoms with Gasteiger partial charge in [0.05, 0.1) is 11.6 Å². The molecule has 2 aromatic carbocycles. The van der Waals surface area contributed by atoms with Crippen LogP contribution in [-0.2, 0) is 6.42 Å². The summed E-state index contributed by atoms with van der Waals surface area (Å²) in [5.74, 6) is 1.65. The summed E-state index contributed by atoms with van der Waals surface area (Å²) < 4.78 is 5.92. The first kappa shape index (κ1) is 13.2. The minimum Gasteiger partial charge on any atom is -0.457 e. The molecular weight excluding hydrogens is 234 g/mol. The summed E-state index contributed by atoms with van der Waals surface area (Å²) in [4.78, 5) is 0. The maximum absolute atomic E-state index is 8.92. The van der Waals surface area contributed by atoms with Gasteiger partial charge in [0.15, 0.2) is 0 Å². The standard InChI is InChI=1S/C17H17NO/c1-4-14-6-5-12(2)17(10-14)19-16-8-7-15(11-18)13(3)9-16/h5-10H,4H2,1-3H3. The van der Waals surface area contributed by atoms with E-state index in [9.17, 15) is 0 Å². The van der Waals surface area contributed by atoms with Crippen LogP contribution in [0.1, 0.15) is 29.2 Å². The van der Waals surface area contributed by atoms with E-state index in [2.05, 4.69) is 31.2 Å². The van der Waals surface area contributed by atoms with E-state index in [0.29, 0.717) is 5.56 Å². The summed E-state index contributed by atoms with van der Waals surface area (Å²) >= 11 is 0. The Morgan fingerprint density at radius 1 is 1.05 bits per heavy atom. The zero-order valence-corrected chi connectivity index (χ0v) is 11.5. The number of hydrogen-bond acceptors (Lipinski definition) is 2. The first-order valence-electron chi connectivity index (χ1n) is 6.42. The van der Waals surface area contributed by atoms with Crippen molar-refractivity contribution in [2.24, 2.45) is 0 Å². The van der Waals surface area contributed by atoms with Crippen molar-refractivity contribution in [3.05, 3.63) is 58.7 Å². The van der Waals surface area contributed by atoms with Crippen LogP contribution in [0.15, 0.2) is 36.4 Å². The quantitative estimate of drug-likeness (QED) is 0.802. The third-order valence-corrected chi connectivity index (χ3v) is 3.21. The van der Waals surface area contributed by atoms with Crippen LogP contribution < -0.4 is 4.74 Å². The summed E-state index contributed by atoms with van der Waals surface area (Å²) in [7, 11) is 0. The van der Waals surface area contributed by atoms with Crippen molar-refractivity contribution in [1.82, 2.24) is 0 Å². The van der Waals surface area contributed by atoms with Gasteiger partial charge in [0.2, 0.25) is 0 Å². The van der Waals surface area contributed by atoms with Gasteiger partial charge < -0.3 is 4.74 Å². The van der Waals surface area contributed by atoms with Crippen LogP contribution in [0.3, 0.4) is 0 Å². The van der Waals surface area contributed by atoms with Gasteiger partial charge in [-0.2, -0.15) is 5.26 Å². The Balaban J connectivity index is 2.31. The molecule has 0 saturated carbocycles. The average Bonchev–Trinajstić information content (AvgIpc) is 2.41. The van der Waals surface area contributed by atoms with Gasteiger partial charge in [-0.15, -0.1) is 0 Å². The average molecular weight is 251 g/mol. The molecule has 19 heavy (non-hydrogen) atoms. The monoisotopic (exact) mass is 251 g/mol. The lowest BCUT2D eigenvalue weighted by Crippen LogP contribution is -1.91. The first-order chi connectivity index (χ1) is 9.13. The van der Waals surface area contributed by atoms with E-state index in [1.54, 1.807) is 6.07 Å². The van der Waals surface area contributed by atoms with Gasteiger partial charge in [-0.25, -0.2) is 0 Å². The van der Waals surface area contributed by atoms with E-state index < -0.39 is 0 Å². The third kappa shape index (κ3) is 2.95. The van der Waals surface area contributed by atoms with E-state index in [4.69, 9.17) is 10.00 Å². The molecule has 96 valence electrons. The summed E-state index contributed by atoms with van der Waals surface area (Å²) in [5.41, 5.74) is 3.99. The third-order valence-electron chi connectivity index (χ3n) is 3.21. The highest BCUT2D eigenvalue weighted by Crippen LogP contribution is 2.27. The van der Waals surface area contributed by atoms with E-state index in [1.807, 2.05) is 26.0 Å². The molecule has 0 aliphatic rings. The molecule has 0 unspecified atom stereocenters. The zero-order chi connectivity index (χ0) is 13.8. The van der Waals surface area contributed by atoms with E-state index in [1.165, 1.54) is 5.56 Å². The minimum absolute atomic E-state index is 0.686. The summed E-state index contributed by atoms with van der Waals surface area (Å²) in [6.45, 7) is 6.08. The number of benzene rings is 2. The topological polar surface area (TPSA) is 33.0 Å². The fourth-order valence-corrected chi connectivity index (χ4v) is 1.93. The summed E-state index contributed by atoms with van der Waals surface area (Å²) in [6.07, 6.45) is 0.989. The lowest BCUT2D eigenvalue weighted by Gasteiger charge is -2.11. The molecule has 0 aliphatic heterocycles. The Labute approximate surface area is 114 Å². The second kappa shape index (κ2) is 5.58. The molecule has 0 bridgehead atoms. The molecule has 0 amide bonds. The van der Waals surface area contributed by atoms with Crippen molar-refractivity contribution >= 4 is 0 Å². The Morgan fingerprint density at radius 3 is 2.47 bits per heavy atom. The fraction of sp³-hybridized carbons (Fsp3) is 0.235. The predicted molar refractivity (Wildman–Crippen MR) is 76.5 cm³/mol. The molecule has 0 aliphatic carbocycles. The Morgan fingerprint density at radius 2 is 1.84 bits per heavy atom. The molecule has 2 nitrogen and oxygen atoms in total. The molecular formula is C17H17NO. The van der Waals surface area contributed by atoms with Gasteiger partial charge in [0, 0.05) is 0 Å². The van der Waals surface area contributed by atoms with Gasteiger partial charge in [-0.05, 0) is 61.2 Å². The molecule has 0 saturated heterocycles. The van der Waals surface area contributed by atoms with Crippen LogP contribution in [0.25, 0.3) is 0 Å². The minimum atomic E-state index is 0.686. The number of aryl methyl sites for hydroxylation is 3. The lowest BCUT2D eigenvalue weighted by molar-refractivity contribution is 0.478. The second-order valence-corrected chi connectivity index (χ2v) is 4.64. The van der Waals surface area contributed by atoms with Crippen LogP contribution in [-0.4, -0.2) is 0 Å². The fourth-order valence-electron chi connectivity index (χ4n) is 1.93. The van der Waals surface area contributed by atoms with Crippen LogP contribution in [0.5, 0.6) is 11.5 Å². The van der Waals surface area contributed by atoms with Gasteiger partial charge in [-0.1, -0.05) is 19.1 Å². The van der Waals surface area contributed by atoms with E-state index in [0.717, 1.165) is 29.0 Å². The zero-order valence-electron chi connectivity index (χ0n) is 11.5. The molecule has 0 aromatic heterocycles. The Bertz CT molecular complexity index is 638. The second-order valence-electron chi connectivity index (χ2n) is 4.64. The Hall–Kier alpha value is -2.27. The molecule has 2 heteroatoms. The largest absolute Gasteiger partial charge is 0.457 e. The number of ether oxygens (including phenoxy) is 1. The predicted octanol–water partition coefficient (Wildman–Crippen LogP) is 4.53. The van der Waals surface area contributed by atoms with Crippen LogP contribution in [0.2, 0.25) is 0 Å². The maximum Gasteiger partial charge on any atom is 0.130 e. The van der Waals surface area contributed by atoms with Crippen LogP contribution in [0.4, 0.5) is 0 Å². The van der Waals surface area contributed by atoms with E-state index >= 15 is 0 Å². The van der Waals surface area contributed by atoms with Crippen LogP contribution >= 0.6 is 0 Å². The molecule has 0 N–H and O–H groups in total. The van der Waals surface area contributed by atoms with Gasteiger partial charge in [0.1, 0.15) is 11.5 Å². The number of rotatable bonds is 3. The highest BCUT2D eigenvalue weighted by molar-refractivity contribution is 5.45. The van der Waals surface area contributed by atoms with Crippen molar-refractivity contribution < 1.29 is 4.74 Å². The molecule has 0 radical (unpaired) electrons. The number of nitriles is 1. The lowest BCUT2D eigenvalue weighted by atomic mass is 10.1. The maximum atomic E-state index is 8.92. The van der Waals surface area contributed by atoms with E-state index in [-0.39, 0.29) is 0 Å². The van der Waals surface area contributed by atoms with Gasteiger partial charge in [0.25, 0.3) is 0 Å². The van der Waals surface area contributed by atoms with Crippen molar-refractivity contribution in [1.29, 1.82) is 5.26 Å². The molecule has 0 spiro atoms. The first-order valence-corrected chi connectivity index (χ1v) is 6.42. The van der Waals surface area contributed by atoms with Crippen molar-refractivity contribution in [3.8, 4) is 17.6 Å². The molecule has 0 atom stereocenters. The van der Waals surface area contributed by atoms with Crippen molar-refractivity contribution in [2.75, 3.05) is 0 Å². The molecule has 0 heterocycles. The van der Waals surface area contributed by atoms with Gasteiger partial charge >= 0.3 is 0 Å². The molecule has 2 rings (SSSR count). The molecule has 2 aromatic rings. The smallest absolute Gasteiger partial charge is 0.130 e. The van der Waals surface area contributed by atoms with Crippen molar-refractivity contribution in [2.45, 2.75) is 27.2 Å². The molecule has 0 fully saturated rings. The highest BCUT2D eigenvalue weighted by atomic mass is 16.5. The number of hydrogen-bond donors (Lipinski definition) is 0. The van der Waals surface area contributed by atoms with Crippen molar-refractivity contribution in [3.63, 3.8) is 0 Å². The SMILES string of the molecule is CCc1ccc(C)c(Oc2ccc(C#N)c(C)c2)c1. The normalized spacial score (nSPS) is 10.0. The highest BCUT2D eigenvalue weighted by Gasteiger charge is 2.05. The summed E-state index contributed by atoms with van der Waals surface area (Å²) in [5, 5.41) is 8.92.